The van der Waals surface area contributed by atoms with Crippen LogP contribution in [0.25, 0.3) is 0 Å². The Kier molecular flexibility index (Phi) is 9.47. The molecule has 0 saturated carbocycles. The van der Waals surface area contributed by atoms with Gasteiger partial charge in [-0.2, -0.15) is 0 Å². The van der Waals surface area contributed by atoms with Crippen molar-refractivity contribution >= 4 is 11.8 Å². The number of carbonyl (C=O) groups excluding carboxylic acids is 1. The van der Waals surface area contributed by atoms with Crippen LogP contribution >= 0.6 is 0 Å². The molecular formula is C30H34O5. The van der Waals surface area contributed by atoms with Gasteiger partial charge in [-0.05, 0) is 67.1 Å². The number of ether oxygens (including phenoxy) is 2. The summed E-state index contributed by atoms with van der Waals surface area (Å²) in [6.45, 7) is 6.56. The summed E-state index contributed by atoms with van der Waals surface area (Å²) in [7, 11) is 0. The first-order chi connectivity index (χ1) is 16.9. The third-order valence-electron chi connectivity index (χ3n) is 6.02. The van der Waals surface area contributed by atoms with Gasteiger partial charge in [-0.3, -0.25) is 9.59 Å². The number of carboxylic acids is 1. The molecule has 0 fully saturated rings. The first kappa shape index (κ1) is 26.0. The summed E-state index contributed by atoms with van der Waals surface area (Å²) in [5, 5.41) is 8.94. The van der Waals surface area contributed by atoms with Crippen LogP contribution in [0.2, 0.25) is 0 Å². The van der Waals surface area contributed by atoms with Crippen LogP contribution in [-0.4, -0.2) is 29.6 Å². The molecule has 0 bridgehead atoms. The molecule has 5 nitrogen and oxygen atoms in total. The highest BCUT2D eigenvalue weighted by Gasteiger charge is 2.17. The Bertz CT molecular complexity index is 1140. The van der Waals surface area contributed by atoms with Gasteiger partial charge in [0.15, 0.2) is 5.78 Å². The van der Waals surface area contributed by atoms with Crippen LogP contribution in [0.15, 0.2) is 66.7 Å². The number of aryl methyl sites for hydroxylation is 3. The summed E-state index contributed by atoms with van der Waals surface area (Å²) in [6.07, 6.45) is 2.80. The number of hydrogen-bond donors (Lipinski definition) is 1. The number of ketones is 1. The van der Waals surface area contributed by atoms with Gasteiger partial charge >= 0.3 is 5.97 Å². The standard InChI is InChI=1S/C30H34O5/c1-4-22-11-15-28(27(19-22)30(33)25-9-7-6-8-10-25)35-21(3)17-18-34-26-14-12-24(13-16-29(31)32)23(5-2)20-26/h6-12,14-15,19-21H,4-5,13,16-18H2,1-3H3,(H,31,32). The summed E-state index contributed by atoms with van der Waals surface area (Å²) in [6, 6.07) is 20.9. The molecule has 3 rings (SSSR count). The van der Waals surface area contributed by atoms with Crippen molar-refractivity contribution in [3.05, 3.63) is 94.5 Å². The molecule has 5 heteroatoms. The highest BCUT2D eigenvalue weighted by Crippen LogP contribution is 2.26. The van der Waals surface area contributed by atoms with Crippen LogP contribution in [0.3, 0.4) is 0 Å². The summed E-state index contributed by atoms with van der Waals surface area (Å²) in [5.74, 6) is 0.508. The third-order valence-corrected chi connectivity index (χ3v) is 6.02. The summed E-state index contributed by atoms with van der Waals surface area (Å²) in [5.41, 5.74) is 4.46. The zero-order chi connectivity index (χ0) is 25.2. The zero-order valence-electron chi connectivity index (χ0n) is 20.8. The maximum atomic E-state index is 13.2. The van der Waals surface area contributed by atoms with Gasteiger partial charge in [0, 0.05) is 18.4 Å². The van der Waals surface area contributed by atoms with Crippen molar-refractivity contribution in [3.63, 3.8) is 0 Å². The second-order valence-electron chi connectivity index (χ2n) is 8.62. The maximum absolute atomic E-state index is 13.2. The fraction of sp³-hybridized carbons (Fsp3) is 0.333. The quantitative estimate of drug-likeness (QED) is 0.295. The van der Waals surface area contributed by atoms with E-state index >= 15 is 0 Å². The van der Waals surface area contributed by atoms with Crippen molar-refractivity contribution in [3.8, 4) is 11.5 Å². The molecule has 0 aliphatic rings. The number of carboxylic acid groups (broad SMARTS) is 1. The Morgan fingerprint density at radius 3 is 2.37 bits per heavy atom. The minimum absolute atomic E-state index is 0.0468. The Balaban J connectivity index is 1.62. The van der Waals surface area contributed by atoms with E-state index in [-0.39, 0.29) is 18.3 Å². The largest absolute Gasteiger partial charge is 0.493 e. The third kappa shape index (κ3) is 7.44. The smallest absolute Gasteiger partial charge is 0.303 e. The summed E-state index contributed by atoms with van der Waals surface area (Å²) in [4.78, 5) is 24.0. The number of hydrogen-bond acceptors (Lipinski definition) is 4. The highest BCUT2D eigenvalue weighted by atomic mass is 16.5. The fourth-order valence-electron chi connectivity index (χ4n) is 3.95. The number of rotatable bonds is 13. The van der Waals surface area contributed by atoms with Crippen molar-refractivity contribution in [2.24, 2.45) is 0 Å². The zero-order valence-corrected chi connectivity index (χ0v) is 20.8. The lowest BCUT2D eigenvalue weighted by Crippen LogP contribution is -2.18. The van der Waals surface area contributed by atoms with Crippen LogP contribution in [0, 0.1) is 0 Å². The van der Waals surface area contributed by atoms with Gasteiger partial charge in [0.2, 0.25) is 0 Å². The molecule has 0 aliphatic heterocycles. The molecular weight excluding hydrogens is 440 g/mol. The average molecular weight is 475 g/mol. The molecule has 184 valence electrons. The van der Waals surface area contributed by atoms with E-state index in [1.54, 1.807) is 0 Å². The molecule has 35 heavy (non-hydrogen) atoms. The Labute approximate surface area is 207 Å². The second-order valence-corrected chi connectivity index (χ2v) is 8.62. The monoisotopic (exact) mass is 474 g/mol. The van der Waals surface area contributed by atoms with E-state index in [0.29, 0.717) is 36.3 Å². The van der Waals surface area contributed by atoms with Crippen molar-refractivity contribution in [2.45, 2.75) is 59.0 Å². The van der Waals surface area contributed by atoms with Crippen LogP contribution in [0.1, 0.15) is 66.2 Å². The highest BCUT2D eigenvalue weighted by molar-refractivity contribution is 6.10. The SMILES string of the molecule is CCc1ccc(OC(C)CCOc2ccc(CCC(=O)O)c(CC)c2)c(C(=O)c2ccccc2)c1. The molecule has 0 heterocycles. The lowest BCUT2D eigenvalue weighted by atomic mass is 9.99. The Morgan fingerprint density at radius 2 is 1.69 bits per heavy atom. The lowest BCUT2D eigenvalue weighted by Gasteiger charge is -2.18. The molecule has 1 atom stereocenters. The van der Waals surface area contributed by atoms with Crippen molar-refractivity contribution in [1.82, 2.24) is 0 Å². The van der Waals surface area contributed by atoms with Gasteiger partial charge in [0.25, 0.3) is 0 Å². The van der Waals surface area contributed by atoms with E-state index in [0.717, 1.165) is 35.3 Å². The maximum Gasteiger partial charge on any atom is 0.303 e. The van der Waals surface area contributed by atoms with Gasteiger partial charge in [-0.15, -0.1) is 0 Å². The minimum atomic E-state index is -0.792. The molecule has 0 aliphatic carbocycles. The van der Waals surface area contributed by atoms with E-state index in [9.17, 15) is 9.59 Å². The molecule has 1 N–H and O–H groups in total. The van der Waals surface area contributed by atoms with E-state index in [1.807, 2.05) is 73.7 Å². The fourth-order valence-corrected chi connectivity index (χ4v) is 3.95. The number of carbonyl (C=O) groups is 2. The van der Waals surface area contributed by atoms with E-state index in [2.05, 4.69) is 13.8 Å². The predicted molar refractivity (Wildman–Crippen MR) is 138 cm³/mol. The van der Waals surface area contributed by atoms with Crippen LogP contribution in [0.4, 0.5) is 0 Å². The second kappa shape index (κ2) is 12.7. The van der Waals surface area contributed by atoms with Gasteiger partial charge < -0.3 is 14.6 Å². The molecule has 0 radical (unpaired) electrons. The molecule has 3 aromatic rings. The molecule has 1 unspecified atom stereocenters. The Hall–Kier alpha value is -3.60. The molecule has 3 aromatic carbocycles. The topological polar surface area (TPSA) is 72.8 Å². The molecule has 0 spiro atoms. The van der Waals surface area contributed by atoms with Gasteiger partial charge in [0.1, 0.15) is 11.5 Å². The summed E-state index contributed by atoms with van der Waals surface area (Å²) >= 11 is 0. The van der Waals surface area contributed by atoms with Gasteiger partial charge in [-0.1, -0.05) is 56.3 Å². The van der Waals surface area contributed by atoms with Crippen molar-refractivity contribution < 1.29 is 24.2 Å². The van der Waals surface area contributed by atoms with E-state index in [1.165, 1.54) is 0 Å². The first-order valence-corrected chi connectivity index (χ1v) is 12.3. The minimum Gasteiger partial charge on any atom is -0.493 e. The molecule has 0 aromatic heterocycles. The van der Waals surface area contributed by atoms with Gasteiger partial charge in [-0.25, -0.2) is 0 Å². The molecule has 0 amide bonds. The van der Waals surface area contributed by atoms with Crippen LogP contribution in [0.5, 0.6) is 11.5 Å². The van der Waals surface area contributed by atoms with Crippen molar-refractivity contribution in [1.29, 1.82) is 0 Å². The first-order valence-electron chi connectivity index (χ1n) is 12.3. The van der Waals surface area contributed by atoms with E-state index < -0.39 is 5.97 Å². The van der Waals surface area contributed by atoms with Crippen LogP contribution in [-0.2, 0) is 24.1 Å². The average Bonchev–Trinajstić information content (AvgIpc) is 2.88. The van der Waals surface area contributed by atoms with E-state index in [4.69, 9.17) is 14.6 Å². The number of aliphatic carboxylic acids is 1. The van der Waals surface area contributed by atoms with Crippen LogP contribution < -0.4 is 9.47 Å². The number of benzene rings is 3. The normalized spacial score (nSPS) is 11.6. The predicted octanol–water partition coefficient (Wildman–Crippen LogP) is 6.30. The van der Waals surface area contributed by atoms with Crippen molar-refractivity contribution in [2.75, 3.05) is 6.61 Å². The lowest BCUT2D eigenvalue weighted by molar-refractivity contribution is -0.136. The van der Waals surface area contributed by atoms with Gasteiger partial charge in [0.05, 0.1) is 18.3 Å². The summed E-state index contributed by atoms with van der Waals surface area (Å²) < 4.78 is 12.1. The Morgan fingerprint density at radius 1 is 0.914 bits per heavy atom. The molecule has 0 saturated heterocycles.